The highest BCUT2D eigenvalue weighted by Gasteiger charge is 2.27. The molecule has 6 nitrogen and oxygen atoms in total. The van der Waals surface area contributed by atoms with E-state index in [4.69, 9.17) is 0 Å². The van der Waals surface area contributed by atoms with Crippen molar-refractivity contribution in [2.75, 3.05) is 44.6 Å². The molecule has 1 aromatic rings. The van der Waals surface area contributed by atoms with Crippen LogP contribution in [0.15, 0.2) is 18.2 Å². The molecule has 2 atom stereocenters. The first kappa shape index (κ1) is 24.4. The maximum absolute atomic E-state index is 12.9. The highest BCUT2D eigenvalue weighted by atomic mass is 16.2. The van der Waals surface area contributed by atoms with Crippen molar-refractivity contribution >= 4 is 17.5 Å². The summed E-state index contributed by atoms with van der Waals surface area (Å²) < 4.78 is 0. The Kier molecular flexibility index (Phi) is 9.31. The lowest BCUT2D eigenvalue weighted by Gasteiger charge is -2.38. The van der Waals surface area contributed by atoms with Crippen LogP contribution in [0.1, 0.15) is 51.7 Å². The number of carbonyl (C=O) groups is 2. The third kappa shape index (κ3) is 6.54. The van der Waals surface area contributed by atoms with Crippen molar-refractivity contribution in [2.45, 2.75) is 66.5 Å². The van der Waals surface area contributed by atoms with E-state index in [1.807, 2.05) is 32.0 Å². The summed E-state index contributed by atoms with van der Waals surface area (Å²) in [6.45, 7) is 16.7. The number of anilines is 1. The van der Waals surface area contributed by atoms with Crippen LogP contribution in [0.3, 0.4) is 0 Å². The molecule has 1 aromatic carbocycles. The van der Waals surface area contributed by atoms with Gasteiger partial charge in [-0.15, -0.1) is 0 Å². The predicted octanol–water partition coefficient (Wildman–Crippen LogP) is 3.29. The first-order valence-electron chi connectivity index (χ1n) is 11.4. The van der Waals surface area contributed by atoms with Crippen molar-refractivity contribution in [2.24, 2.45) is 0 Å². The van der Waals surface area contributed by atoms with Crippen LogP contribution < -0.4 is 5.32 Å². The van der Waals surface area contributed by atoms with Gasteiger partial charge in [0.2, 0.25) is 11.8 Å². The number of rotatable bonds is 9. The molecule has 1 fully saturated rings. The van der Waals surface area contributed by atoms with Crippen molar-refractivity contribution in [1.29, 1.82) is 0 Å². The molecule has 30 heavy (non-hydrogen) atoms. The van der Waals surface area contributed by atoms with Crippen molar-refractivity contribution in [3.63, 3.8) is 0 Å². The Bertz CT molecular complexity index is 683. The molecule has 0 spiro atoms. The van der Waals surface area contributed by atoms with Crippen LogP contribution in [0.5, 0.6) is 0 Å². The van der Waals surface area contributed by atoms with Gasteiger partial charge in [-0.2, -0.15) is 0 Å². The third-order valence-electron chi connectivity index (χ3n) is 6.36. The lowest BCUT2D eigenvalue weighted by Crippen LogP contribution is -2.53. The number of aryl methyl sites for hydroxylation is 2. The zero-order chi connectivity index (χ0) is 22.3. The fraction of sp³-hybridized carbons (Fsp3) is 0.667. The zero-order valence-electron chi connectivity index (χ0n) is 19.7. The van der Waals surface area contributed by atoms with Gasteiger partial charge in [0.25, 0.3) is 0 Å². The molecule has 0 bridgehead atoms. The number of nitrogens with one attached hydrogen (secondary N) is 1. The zero-order valence-corrected chi connectivity index (χ0v) is 19.7. The Morgan fingerprint density at radius 2 is 1.40 bits per heavy atom. The second-order valence-electron chi connectivity index (χ2n) is 8.68. The van der Waals surface area contributed by atoms with Crippen LogP contribution >= 0.6 is 0 Å². The number of benzene rings is 1. The molecule has 6 heteroatoms. The van der Waals surface area contributed by atoms with Gasteiger partial charge in [-0.3, -0.25) is 19.4 Å². The topological polar surface area (TPSA) is 55.9 Å². The minimum absolute atomic E-state index is 0.0247. The molecule has 0 saturated carbocycles. The number of para-hydroxylation sites is 1. The fourth-order valence-corrected chi connectivity index (χ4v) is 4.09. The molecule has 0 aliphatic carbocycles. The Hall–Kier alpha value is -1.92. The van der Waals surface area contributed by atoms with E-state index in [1.54, 1.807) is 0 Å². The maximum atomic E-state index is 12.9. The summed E-state index contributed by atoms with van der Waals surface area (Å²) >= 11 is 0. The quantitative estimate of drug-likeness (QED) is 0.671. The van der Waals surface area contributed by atoms with Gasteiger partial charge in [0.05, 0.1) is 13.1 Å². The summed E-state index contributed by atoms with van der Waals surface area (Å²) in [4.78, 5) is 31.9. The minimum atomic E-state index is 0.0247. The van der Waals surface area contributed by atoms with Crippen LogP contribution in [-0.4, -0.2) is 77.9 Å². The maximum Gasteiger partial charge on any atom is 0.238 e. The van der Waals surface area contributed by atoms with E-state index in [9.17, 15) is 9.59 Å². The van der Waals surface area contributed by atoms with E-state index in [-0.39, 0.29) is 23.9 Å². The van der Waals surface area contributed by atoms with Gasteiger partial charge in [0.1, 0.15) is 0 Å². The van der Waals surface area contributed by atoms with Crippen molar-refractivity contribution in [3.8, 4) is 0 Å². The SMILES string of the molecule is CC[C@H](C)N(C(=O)CN1CCN(CC(=O)Nc2c(C)cccc2C)CC1)[C@@H](C)CC. The summed E-state index contributed by atoms with van der Waals surface area (Å²) in [5.41, 5.74) is 3.08. The van der Waals surface area contributed by atoms with Crippen LogP contribution in [0, 0.1) is 13.8 Å². The number of nitrogens with zero attached hydrogens (tertiary/aromatic N) is 3. The molecular weight excluding hydrogens is 376 g/mol. The molecule has 1 aliphatic rings. The van der Waals surface area contributed by atoms with Gasteiger partial charge in [0.15, 0.2) is 0 Å². The lowest BCUT2D eigenvalue weighted by molar-refractivity contribution is -0.137. The molecule has 2 amide bonds. The van der Waals surface area contributed by atoms with Crippen LogP contribution in [-0.2, 0) is 9.59 Å². The number of hydrogen-bond donors (Lipinski definition) is 1. The summed E-state index contributed by atoms with van der Waals surface area (Å²) in [6, 6.07) is 6.57. The normalized spacial score (nSPS) is 17.4. The van der Waals surface area contributed by atoms with Crippen molar-refractivity contribution in [3.05, 3.63) is 29.3 Å². The van der Waals surface area contributed by atoms with Gasteiger partial charge in [-0.05, 0) is 51.7 Å². The molecule has 168 valence electrons. The van der Waals surface area contributed by atoms with Gasteiger partial charge in [-0.25, -0.2) is 0 Å². The molecule has 2 rings (SSSR count). The van der Waals surface area contributed by atoms with Crippen LogP contribution in [0.2, 0.25) is 0 Å². The Morgan fingerprint density at radius 3 is 1.87 bits per heavy atom. The van der Waals surface area contributed by atoms with E-state index in [2.05, 4.69) is 47.7 Å². The molecule has 0 aromatic heterocycles. The molecule has 1 saturated heterocycles. The smallest absolute Gasteiger partial charge is 0.238 e. The summed E-state index contributed by atoms with van der Waals surface area (Å²) in [5, 5.41) is 3.07. The van der Waals surface area contributed by atoms with E-state index in [0.717, 1.165) is 55.8 Å². The third-order valence-corrected chi connectivity index (χ3v) is 6.36. The average molecular weight is 417 g/mol. The summed E-state index contributed by atoms with van der Waals surface area (Å²) in [6.07, 6.45) is 1.94. The standard InChI is InChI=1S/C24H40N4O2/c1-7-20(5)28(21(6)8-2)23(30)17-27-14-12-26(13-15-27)16-22(29)25-24-18(3)10-9-11-19(24)4/h9-11,20-21H,7-8,12-17H2,1-6H3,(H,25,29)/t20-,21-/m0/s1. The average Bonchev–Trinajstić information content (AvgIpc) is 2.72. The molecule has 0 radical (unpaired) electrons. The van der Waals surface area contributed by atoms with Gasteiger partial charge < -0.3 is 10.2 Å². The monoisotopic (exact) mass is 416 g/mol. The molecule has 1 aliphatic heterocycles. The van der Waals surface area contributed by atoms with Gasteiger partial charge in [0, 0.05) is 44.0 Å². The second kappa shape index (κ2) is 11.5. The van der Waals surface area contributed by atoms with E-state index < -0.39 is 0 Å². The van der Waals surface area contributed by atoms with Crippen LogP contribution in [0.25, 0.3) is 0 Å². The molecule has 1 heterocycles. The van der Waals surface area contributed by atoms with E-state index >= 15 is 0 Å². The van der Waals surface area contributed by atoms with E-state index in [0.29, 0.717) is 13.1 Å². The van der Waals surface area contributed by atoms with E-state index in [1.165, 1.54) is 0 Å². The second-order valence-corrected chi connectivity index (χ2v) is 8.68. The first-order valence-corrected chi connectivity index (χ1v) is 11.4. The van der Waals surface area contributed by atoms with Crippen LogP contribution in [0.4, 0.5) is 5.69 Å². The van der Waals surface area contributed by atoms with Gasteiger partial charge in [-0.1, -0.05) is 32.0 Å². The molecule has 0 unspecified atom stereocenters. The number of amides is 2. The number of hydrogen-bond acceptors (Lipinski definition) is 4. The van der Waals surface area contributed by atoms with Crippen molar-refractivity contribution in [1.82, 2.24) is 14.7 Å². The molecule has 1 N–H and O–H groups in total. The fourth-order valence-electron chi connectivity index (χ4n) is 4.09. The predicted molar refractivity (Wildman–Crippen MR) is 124 cm³/mol. The number of piperazine rings is 1. The Labute approximate surface area is 182 Å². The molecular formula is C24H40N4O2. The number of carbonyl (C=O) groups excluding carboxylic acids is 2. The lowest BCUT2D eigenvalue weighted by atomic mass is 10.1. The summed E-state index contributed by atoms with van der Waals surface area (Å²) in [5.74, 6) is 0.247. The van der Waals surface area contributed by atoms with Crippen molar-refractivity contribution < 1.29 is 9.59 Å². The van der Waals surface area contributed by atoms with Gasteiger partial charge >= 0.3 is 0 Å². The largest absolute Gasteiger partial charge is 0.336 e. The Morgan fingerprint density at radius 1 is 0.933 bits per heavy atom. The highest BCUT2D eigenvalue weighted by molar-refractivity contribution is 5.93. The minimum Gasteiger partial charge on any atom is -0.336 e. The summed E-state index contributed by atoms with van der Waals surface area (Å²) in [7, 11) is 0. The first-order chi connectivity index (χ1) is 14.3. The Balaban J connectivity index is 1.83. The highest BCUT2D eigenvalue weighted by Crippen LogP contribution is 2.19.